The number of piperazine rings is 1. The number of phenols is 1. The fourth-order valence-electron chi connectivity index (χ4n) is 9.33. The molecule has 7 nitrogen and oxygen atoms in total. The van der Waals surface area contributed by atoms with Crippen molar-refractivity contribution in [2.24, 2.45) is 0 Å². The lowest BCUT2D eigenvalue weighted by atomic mass is 9.88. The number of anilines is 1. The van der Waals surface area contributed by atoms with E-state index in [1.165, 1.54) is 30.3 Å². The van der Waals surface area contributed by atoms with E-state index in [2.05, 4.69) is 15.1 Å². The van der Waals surface area contributed by atoms with Gasteiger partial charge in [0.05, 0.1) is 12.2 Å². The topological polar surface area (TPSA) is 73.8 Å². The zero-order valence-electron chi connectivity index (χ0n) is 27.1. The van der Waals surface area contributed by atoms with E-state index in [9.17, 15) is 5.11 Å². The van der Waals surface area contributed by atoms with Crippen LogP contribution in [0.15, 0.2) is 30.3 Å². The summed E-state index contributed by atoms with van der Waals surface area (Å²) in [6.45, 7) is 4.99. The van der Waals surface area contributed by atoms with Crippen molar-refractivity contribution in [3.05, 3.63) is 59.2 Å². The van der Waals surface area contributed by atoms with Gasteiger partial charge in [-0.05, 0) is 104 Å². The van der Waals surface area contributed by atoms with E-state index >= 15 is 13.2 Å². The van der Waals surface area contributed by atoms with Crippen molar-refractivity contribution in [3.63, 3.8) is 0 Å². The lowest BCUT2D eigenvalue weighted by Gasteiger charge is -2.36. The number of phenolic OH excluding ortho intramolecular Hbond substituents is 1. The normalized spacial score (nSPS) is 25.8. The van der Waals surface area contributed by atoms with E-state index in [-0.39, 0.29) is 27.9 Å². The Labute approximate surface area is 273 Å². The van der Waals surface area contributed by atoms with E-state index in [0.29, 0.717) is 77.4 Å². The maximum absolute atomic E-state index is 17.0. The number of halogens is 3. The van der Waals surface area contributed by atoms with E-state index in [0.717, 1.165) is 58.1 Å². The zero-order valence-corrected chi connectivity index (χ0v) is 27.1. The quantitative estimate of drug-likeness (QED) is 0.222. The van der Waals surface area contributed by atoms with Gasteiger partial charge in [-0.2, -0.15) is 0 Å². The highest BCUT2D eigenvalue weighted by Gasteiger charge is 2.48. The Morgan fingerprint density at radius 1 is 1.02 bits per heavy atom. The molecule has 0 radical (unpaired) electrons. The summed E-state index contributed by atoms with van der Waals surface area (Å²) in [6.07, 6.45) is 8.31. The number of hydrogen-bond donors (Lipinski definition) is 2. The molecule has 5 heterocycles. The number of rotatable bonds is 8. The van der Waals surface area contributed by atoms with Gasteiger partial charge >= 0.3 is 0 Å². The molecule has 2 N–H and O–H groups in total. The highest BCUT2D eigenvalue weighted by Crippen LogP contribution is 2.46. The number of ether oxygens (including phenoxy) is 1. The van der Waals surface area contributed by atoms with Crippen molar-refractivity contribution in [1.29, 1.82) is 0 Å². The summed E-state index contributed by atoms with van der Waals surface area (Å²) < 4.78 is 54.0. The maximum Gasteiger partial charge on any atom is 0.160 e. The van der Waals surface area contributed by atoms with Gasteiger partial charge in [-0.1, -0.05) is 13.0 Å². The second-order valence-electron chi connectivity index (χ2n) is 14.1. The van der Waals surface area contributed by atoms with Crippen molar-refractivity contribution in [1.82, 2.24) is 20.2 Å². The fraction of sp³-hybridized carbons (Fsp3) is 0.514. The molecule has 4 atom stereocenters. The highest BCUT2D eigenvalue weighted by atomic mass is 19.1. The standard InChI is InChI=1S/C37H42F3N5O2/c1-3-26-29(38)8-5-21-15-25(46)16-27(32(21)26)33-30(39)17-28-35(34(33)40)42-31(43-36(28)44-18-22-6-7-23(19-44)41-22)10-13-37-11-4-14-45(37)24(9-12-37)20-47-2/h5,8,15-17,22-24,41,46H,3-4,6-7,9-14,18-20H2,1-2H3. The first kappa shape index (κ1) is 30.8. The summed E-state index contributed by atoms with van der Waals surface area (Å²) in [5.74, 6) is -1.09. The lowest BCUT2D eigenvalue weighted by molar-refractivity contribution is 0.0774. The number of nitrogens with zero attached hydrogens (tertiary/aromatic N) is 4. The van der Waals surface area contributed by atoms with Gasteiger partial charge in [0.25, 0.3) is 0 Å². The van der Waals surface area contributed by atoms with Crippen molar-refractivity contribution < 1.29 is 23.0 Å². The Morgan fingerprint density at radius 2 is 1.83 bits per heavy atom. The van der Waals surface area contributed by atoms with Gasteiger partial charge in [-0.3, -0.25) is 4.90 Å². The minimum atomic E-state index is -0.817. The number of aromatic hydroxyl groups is 1. The van der Waals surface area contributed by atoms with Crippen LogP contribution in [0.3, 0.4) is 0 Å². The molecule has 10 heteroatoms. The molecule has 4 aliphatic heterocycles. The molecule has 4 aromatic rings. The third-order valence-electron chi connectivity index (χ3n) is 11.4. The van der Waals surface area contributed by atoms with E-state index in [1.807, 2.05) is 0 Å². The van der Waals surface area contributed by atoms with Crippen LogP contribution in [0.1, 0.15) is 63.3 Å². The third kappa shape index (κ3) is 5.14. The lowest BCUT2D eigenvalue weighted by Crippen LogP contribution is -2.51. The molecule has 248 valence electrons. The first-order chi connectivity index (χ1) is 22.8. The van der Waals surface area contributed by atoms with Crippen LogP contribution in [0.5, 0.6) is 5.75 Å². The Hall–Kier alpha value is -3.47. The number of fused-ring (bicyclic) bond motifs is 5. The molecule has 0 saturated carbocycles. The van der Waals surface area contributed by atoms with Gasteiger partial charge in [0.1, 0.15) is 34.5 Å². The Bertz CT molecular complexity index is 1860. The van der Waals surface area contributed by atoms with Crippen LogP contribution in [0.2, 0.25) is 0 Å². The van der Waals surface area contributed by atoms with Gasteiger partial charge < -0.3 is 20.1 Å². The van der Waals surface area contributed by atoms with Crippen LogP contribution in [0, 0.1) is 17.5 Å². The van der Waals surface area contributed by atoms with E-state index in [1.54, 1.807) is 14.0 Å². The number of hydrogen-bond acceptors (Lipinski definition) is 7. The third-order valence-corrected chi connectivity index (χ3v) is 11.4. The molecule has 0 spiro atoms. The van der Waals surface area contributed by atoms with Crippen molar-refractivity contribution in [2.75, 3.05) is 38.3 Å². The predicted octanol–water partition coefficient (Wildman–Crippen LogP) is 6.65. The molecule has 2 bridgehead atoms. The van der Waals surface area contributed by atoms with Gasteiger partial charge in [0.2, 0.25) is 0 Å². The van der Waals surface area contributed by atoms with Gasteiger partial charge in [-0.15, -0.1) is 0 Å². The summed E-state index contributed by atoms with van der Waals surface area (Å²) in [5, 5.41) is 15.5. The Kier molecular flexibility index (Phi) is 7.80. The predicted molar refractivity (Wildman–Crippen MR) is 177 cm³/mol. The summed E-state index contributed by atoms with van der Waals surface area (Å²) in [6, 6.07) is 8.04. The number of nitrogens with one attached hydrogen (secondary N) is 1. The molecule has 3 aromatic carbocycles. The number of aromatic nitrogens is 2. The smallest absolute Gasteiger partial charge is 0.160 e. The number of methoxy groups -OCH3 is 1. The second kappa shape index (κ2) is 11.9. The maximum atomic E-state index is 17.0. The van der Waals surface area contributed by atoms with Crippen LogP contribution >= 0.6 is 0 Å². The molecular formula is C37H42F3N5O2. The van der Waals surface area contributed by atoms with Gasteiger partial charge in [0, 0.05) is 55.7 Å². The van der Waals surface area contributed by atoms with Crippen molar-refractivity contribution in [2.45, 2.75) is 88.4 Å². The van der Waals surface area contributed by atoms with Crippen LogP contribution in [0.25, 0.3) is 32.8 Å². The van der Waals surface area contributed by atoms with Crippen molar-refractivity contribution >= 4 is 27.5 Å². The van der Waals surface area contributed by atoms with Crippen LogP contribution in [0.4, 0.5) is 19.0 Å². The van der Waals surface area contributed by atoms with Crippen LogP contribution in [-0.2, 0) is 17.6 Å². The van der Waals surface area contributed by atoms with Crippen molar-refractivity contribution in [3.8, 4) is 16.9 Å². The fourth-order valence-corrected chi connectivity index (χ4v) is 9.33. The SMILES string of the molecule is CCc1c(F)ccc2cc(O)cc(-c3c(F)cc4c(N5CC6CCC(C5)N6)nc(CCC56CCCN5C(COC)CC6)nc4c3F)c12. The second-order valence-corrected chi connectivity index (χ2v) is 14.1. The first-order valence-corrected chi connectivity index (χ1v) is 17.2. The average Bonchev–Trinajstić information content (AvgIpc) is 3.73. The average molecular weight is 646 g/mol. The summed E-state index contributed by atoms with van der Waals surface area (Å²) in [4.78, 5) is 14.7. The largest absolute Gasteiger partial charge is 0.508 e. The molecule has 4 fully saturated rings. The molecule has 4 aliphatic rings. The minimum Gasteiger partial charge on any atom is -0.508 e. The molecule has 0 amide bonds. The Balaban J connectivity index is 1.27. The molecule has 0 aliphatic carbocycles. The zero-order chi connectivity index (χ0) is 32.4. The molecular weight excluding hydrogens is 603 g/mol. The molecule has 1 aromatic heterocycles. The summed E-state index contributed by atoms with van der Waals surface area (Å²) >= 11 is 0. The monoisotopic (exact) mass is 645 g/mol. The van der Waals surface area contributed by atoms with Gasteiger partial charge in [0.15, 0.2) is 5.82 Å². The summed E-state index contributed by atoms with van der Waals surface area (Å²) in [5.41, 5.74) is 0.270. The molecule has 47 heavy (non-hydrogen) atoms. The van der Waals surface area contributed by atoms with E-state index in [4.69, 9.17) is 14.7 Å². The van der Waals surface area contributed by atoms with E-state index < -0.39 is 17.5 Å². The number of benzene rings is 3. The van der Waals surface area contributed by atoms with Gasteiger partial charge in [-0.25, -0.2) is 23.1 Å². The highest BCUT2D eigenvalue weighted by molar-refractivity contribution is 6.03. The first-order valence-electron chi connectivity index (χ1n) is 17.2. The molecule has 4 unspecified atom stereocenters. The number of aryl methyl sites for hydroxylation is 2. The van der Waals surface area contributed by atoms with Crippen LogP contribution < -0.4 is 10.2 Å². The van der Waals surface area contributed by atoms with Crippen LogP contribution in [-0.4, -0.2) is 77.0 Å². The molecule has 4 saturated heterocycles. The summed E-state index contributed by atoms with van der Waals surface area (Å²) in [7, 11) is 1.76. The minimum absolute atomic E-state index is 0.0580. The Morgan fingerprint density at radius 3 is 2.60 bits per heavy atom. The molecule has 8 rings (SSSR count).